The van der Waals surface area contributed by atoms with E-state index in [2.05, 4.69) is 5.32 Å². The maximum Gasteiger partial charge on any atom is 0.513 e. The van der Waals surface area contributed by atoms with Crippen molar-refractivity contribution in [3.05, 3.63) is 48.4 Å². The molecule has 1 N–H and O–H groups in total. The Hall–Kier alpha value is -3.49. The monoisotopic (exact) mass is 387 g/mol. The lowest BCUT2D eigenvalue weighted by Crippen LogP contribution is -2.51. The number of hydrogen-bond acceptors (Lipinski definition) is 6. The van der Waals surface area contributed by atoms with Crippen molar-refractivity contribution in [3.8, 4) is 5.75 Å². The lowest BCUT2D eigenvalue weighted by atomic mass is 10.3. The van der Waals surface area contributed by atoms with Gasteiger partial charge in [-0.3, -0.25) is 4.79 Å². The Labute approximate surface area is 161 Å². The van der Waals surface area contributed by atoms with Crippen molar-refractivity contribution >= 4 is 23.8 Å². The summed E-state index contributed by atoms with van der Waals surface area (Å²) in [5, 5.41) is 2.78. The molecule has 0 unspecified atom stereocenters. The van der Waals surface area contributed by atoms with E-state index in [0.29, 0.717) is 43.4 Å². The van der Waals surface area contributed by atoms with Crippen molar-refractivity contribution in [2.45, 2.75) is 6.92 Å². The first-order valence-electron chi connectivity index (χ1n) is 8.90. The van der Waals surface area contributed by atoms with Gasteiger partial charge in [-0.1, -0.05) is 0 Å². The number of hydrogen-bond donors (Lipinski definition) is 1. The van der Waals surface area contributed by atoms with E-state index in [9.17, 15) is 14.4 Å². The fourth-order valence-corrected chi connectivity index (χ4v) is 2.72. The molecule has 1 aliphatic rings. The van der Waals surface area contributed by atoms with Gasteiger partial charge in [-0.25, -0.2) is 9.59 Å². The fraction of sp³-hybridized carbons (Fsp3) is 0.316. The van der Waals surface area contributed by atoms with E-state index in [0.717, 1.165) is 0 Å². The number of urea groups is 1. The average Bonchev–Trinajstić information content (AvgIpc) is 3.24. The van der Waals surface area contributed by atoms with Crippen LogP contribution >= 0.6 is 0 Å². The van der Waals surface area contributed by atoms with E-state index >= 15 is 0 Å². The van der Waals surface area contributed by atoms with Gasteiger partial charge in [0.05, 0.1) is 12.9 Å². The highest BCUT2D eigenvalue weighted by Gasteiger charge is 2.26. The summed E-state index contributed by atoms with van der Waals surface area (Å²) in [6, 6.07) is 9.41. The highest BCUT2D eigenvalue weighted by molar-refractivity contribution is 5.92. The molecule has 28 heavy (non-hydrogen) atoms. The molecular formula is C19H21N3O6. The molecule has 9 nitrogen and oxygen atoms in total. The highest BCUT2D eigenvalue weighted by atomic mass is 16.7. The van der Waals surface area contributed by atoms with E-state index in [4.69, 9.17) is 13.9 Å². The number of rotatable bonds is 4. The summed E-state index contributed by atoms with van der Waals surface area (Å²) in [6.07, 6.45) is 0.682. The Kier molecular flexibility index (Phi) is 6.15. The van der Waals surface area contributed by atoms with E-state index in [1.807, 2.05) is 0 Å². The maximum atomic E-state index is 12.4. The van der Waals surface area contributed by atoms with Gasteiger partial charge in [0, 0.05) is 31.9 Å². The number of nitrogens with one attached hydrogen (secondary N) is 1. The molecule has 2 aromatic rings. The highest BCUT2D eigenvalue weighted by Crippen LogP contribution is 2.17. The molecular weight excluding hydrogens is 366 g/mol. The normalized spacial score (nSPS) is 13.8. The third kappa shape index (κ3) is 4.81. The van der Waals surface area contributed by atoms with Crippen molar-refractivity contribution in [2.75, 3.05) is 38.1 Å². The topological polar surface area (TPSA) is 101 Å². The number of piperazine rings is 1. The molecule has 1 fully saturated rings. The zero-order chi connectivity index (χ0) is 19.9. The van der Waals surface area contributed by atoms with Gasteiger partial charge in [-0.2, -0.15) is 0 Å². The van der Waals surface area contributed by atoms with Crippen LogP contribution in [0.2, 0.25) is 0 Å². The van der Waals surface area contributed by atoms with E-state index in [1.165, 1.54) is 6.26 Å². The Balaban J connectivity index is 1.48. The molecule has 2 heterocycles. The second-order valence-corrected chi connectivity index (χ2v) is 6.00. The number of carbonyl (C=O) groups excluding carboxylic acids is 3. The molecule has 9 heteroatoms. The molecule has 0 atom stereocenters. The van der Waals surface area contributed by atoms with Crippen LogP contribution in [-0.4, -0.2) is 60.7 Å². The Morgan fingerprint density at radius 1 is 1.04 bits per heavy atom. The first kappa shape index (κ1) is 19.3. The second kappa shape index (κ2) is 8.94. The van der Waals surface area contributed by atoms with Crippen molar-refractivity contribution in [1.82, 2.24) is 9.80 Å². The Morgan fingerprint density at radius 3 is 2.32 bits per heavy atom. The zero-order valence-corrected chi connectivity index (χ0v) is 15.4. The van der Waals surface area contributed by atoms with Crippen LogP contribution in [0.25, 0.3) is 0 Å². The molecule has 1 saturated heterocycles. The van der Waals surface area contributed by atoms with Gasteiger partial charge in [0.1, 0.15) is 5.75 Å². The van der Waals surface area contributed by atoms with Gasteiger partial charge < -0.3 is 29.0 Å². The first-order chi connectivity index (χ1) is 13.6. The molecule has 1 aliphatic heterocycles. The summed E-state index contributed by atoms with van der Waals surface area (Å²) in [6.45, 7) is 3.61. The summed E-state index contributed by atoms with van der Waals surface area (Å²) in [5.41, 5.74) is 0.565. The van der Waals surface area contributed by atoms with Crippen LogP contribution < -0.4 is 10.1 Å². The lowest BCUT2D eigenvalue weighted by Gasteiger charge is -2.34. The number of benzene rings is 1. The minimum absolute atomic E-state index is 0.178. The van der Waals surface area contributed by atoms with Crippen molar-refractivity contribution in [2.24, 2.45) is 0 Å². The first-order valence-corrected chi connectivity index (χ1v) is 8.90. The quantitative estimate of drug-likeness (QED) is 0.639. The summed E-state index contributed by atoms with van der Waals surface area (Å²) in [4.78, 5) is 39.2. The van der Waals surface area contributed by atoms with Crippen molar-refractivity contribution in [3.63, 3.8) is 0 Å². The molecule has 1 aromatic heterocycles. The van der Waals surface area contributed by atoms with Crippen LogP contribution in [0.4, 0.5) is 15.3 Å². The van der Waals surface area contributed by atoms with Gasteiger partial charge in [0.2, 0.25) is 0 Å². The van der Waals surface area contributed by atoms with Gasteiger partial charge in [0.15, 0.2) is 5.76 Å². The molecule has 0 spiro atoms. The molecule has 3 rings (SSSR count). The molecule has 3 amide bonds. The SMILES string of the molecule is CCOC(=O)Oc1ccc(NC(=O)N2CCN(C(=O)c3ccco3)CC2)cc1. The third-order valence-corrected chi connectivity index (χ3v) is 4.16. The smallest absolute Gasteiger partial charge is 0.459 e. The van der Waals surface area contributed by atoms with Crippen LogP contribution in [0.3, 0.4) is 0 Å². The van der Waals surface area contributed by atoms with Gasteiger partial charge >= 0.3 is 12.2 Å². The number of nitrogens with zero attached hydrogens (tertiary/aromatic N) is 2. The summed E-state index contributed by atoms with van der Waals surface area (Å²) in [7, 11) is 0. The summed E-state index contributed by atoms with van der Waals surface area (Å²) in [5.74, 6) is 0.437. The molecule has 0 saturated carbocycles. The number of anilines is 1. The van der Waals surface area contributed by atoms with Crippen LogP contribution in [0, 0.1) is 0 Å². The number of ether oxygens (including phenoxy) is 2. The van der Waals surface area contributed by atoms with E-state index in [-0.39, 0.29) is 18.5 Å². The molecule has 0 radical (unpaired) electrons. The van der Waals surface area contributed by atoms with Crippen molar-refractivity contribution < 1.29 is 28.3 Å². The predicted octanol–water partition coefficient (Wildman–Crippen LogP) is 2.80. The largest absolute Gasteiger partial charge is 0.513 e. The number of furan rings is 1. The third-order valence-electron chi connectivity index (χ3n) is 4.16. The fourth-order valence-electron chi connectivity index (χ4n) is 2.72. The summed E-state index contributed by atoms with van der Waals surface area (Å²) >= 11 is 0. The lowest BCUT2D eigenvalue weighted by molar-refractivity contribution is 0.0640. The molecule has 0 bridgehead atoms. The van der Waals surface area contributed by atoms with E-state index in [1.54, 1.807) is 53.1 Å². The zero-order valence-electron chi connectivity index (χ0n) is 15.4. The Bertz CT molecular complexity index is 811. The van der Waals surface area contributed by atoms with Crippen LogP contribution in [0.5, 0.6) is 5.75 Å². The molecule has 1 aromatic carbocycles. The standard InChI is InChI=1S/C19H21N3O6/c1-2-26-19(25)28-15-7-5-14(6-8-15)20-18(24)22-11-9-21(10-12-22)17(23)16-4-3-13-27-16/h3-8,13H,2,9-12H2,1H3,(H,20,24). The second-order valence-electron chi connectivity index (χ2n) is 6.00. The Morgan fingerprint density at radius 2 is 1.71 bits per heavy atom. The van der Waals surface area contributed by atoms with Gasteiger partial charge in [-0.15, -0.1) is 0 Å². The van der Waals surface area contributed by atoms with Gasteiger partial charge in [-0.05, 0) is 43.3 Å². The van der Waals surface area contributed by atoms with Crippen molar-refractivity contribution in [1.29, 1.82) is 0 Å². The van der Waals surface area contributed by atoms with Crippen LogP contribution in [0.15, 0.2) is 47.1 Å². The number of amides is 3. The summed E-state index contributed by atoms with van der Waals surface area (Å²) < 4.78 is 14.8. The van der Waals surface area contributed by atoms with Crippen LogP contribution in [0.1, 0.15) is 17.5 Å². The minimum atomic E-state index is -0.777. The minimum Gasteiger partial charge on any atom is -0.459 e. The van der Waals surface area contributed by atoms with Gasteiger partial charge in [0.25, 0.3) is 5.91 Å². The molecule has 148 valence electrons. The maximum absolute atomic E-state index is 12.4. The predicted molar refractivity (Wildman–Crippen MR) is 99.3 cm³/mol. The van der Waals surface area contributed by atoms with E-state index < -0.39 is 6.16 Å². The average molecular weight is 387 g/mol. The molecule has 0 aliphatic carbocycles. The number of carbonyl (C=O) groups is 3. The van der Waals surface area contributed by atoms with Crippen LogP contribution in [-0.2, 0) is 4.74 Å².